The number of rotatable bonds is 6. The zero-order valence-electron chi connectivity index (χ0n) is 12.3. The molecule has 0 radical (unpaired) electrons. The number of hydrogen-bond donors (Lipinski definition) is 0. The minimum absolute atomic E-state index is 0.157. The number of hydrogen-bond acceptors (Lipinski definition) is 6. The zero-order valence-corrected chi connectivity index (χ0v) is 12.3. The molecular weight excluding hydrogens is 278 g/mol. The average Bonchev–Trinajstić information content (AvgIpc) is 2.44. The highest BCUT2D eigenvalue weighted by molar-refractivity contribution is 5.88. The number of nitro groups is 1. The SMILES string of the molecule is COC(=O)/C=C/c1cc(OC)c(OC(C)C)cc1[N+](=O)[O-]. The van der Waals surface area contributed by atoms with Gasteiger partial charge in [0.25, 0.3) is 5.69 Å². The highest BCUT2D eigenvalue weighted by Gasteiger charge is 2.19. The number of benzene rings is 1. The van der Waals surface area contributed by atoms with Crippen molar-refractivity contribution in [3.05, 3.63) is 33.9 Å². The number of carbonyl (C=O) groups excluding carboxylic acids is 1. The maximum atomic E-state index is 11.1. The highest BCUT2D eigenvalue weighted by Crippen LogP contribution is 2.35. The summed E-state index contributed by atoms with van der Waals surface area (Å²) in [7, 11) is 2.66. The van der Waals surface area contributed by atoms with Gasteiger partial charge in [0.2, 0.25) is 0 Å². The van der Waals surface area contributed by atoms with Gasteiger partial charge in [0.05, 0.1) is 36.9 Å². The van der Waals surface area contributed by atoms with Crippen LogP contribution in [0.3, 0.4) is 0 Å². The standard InChI is InChI=1S/C14H17NO6/c1-9(2)21-13-8-11(15(17)18)10(7-12(13)19-3)5-6-14(16)20-4/h5-9H,1-4H3/b6-5+. The molecule has 0 aliphatic rings. The van der Waals surface area contributed by atoms with Gasteiger partial charge in [-0.15, -0.1) is 0 Å². The van der Waals surface area contributed by atoms with Crippen LogP contribution in [0, 0.1) is 10.1 Å². The van der Waals surface area contributed by atoms with Gasteiger partial charge in [-0.1, -0.05) is 0 Å². The van der Waals surface area contributed by atoms with Crippen molar-refractivity contribution in [3.63, 3.8) is 0 Å². The number of carbonyl (C=O) groups is 1. The molecule has 0 heterocycles. The minimum atomic E-state index is -0.606. The molecule has 1 rings (SSSR count). The molecule has 0 aliphatic carbocycles. The number of esters is 1. The van der Waals surface area contributed by atoms with E-state index in [1.54, 1.807) is 13.8 Å². The van der Waals surface area contributed by atoms with Crippen LogP contribution in [-0.4, -0.2) is 31.2 Å². The molecular formula is C14H17NO6. The molecule has 0 unspecified atom stereocenters. The first-order chi connectivity index (χ1) is 9.88. The van der Waals surface area contributed by atoms with E-state index < -0.39 is 10.9 Å². The number of nitrogens with zero attached hydrogens (tertiary/aromatic N) is 1. The van der Waals surface area contributed by atoms with E-state index in [1.807, 2.05) is 0 Å². The topological polar surface area (TPSA) is 87.9 Å². The van der Waals surface area contributed by atoms with Gasteiger partial charge in [-0.05, 0) is 26.0 Å². The van der Waals surface area contributed by atoms with E-state index in [9.17, 15) is 14.9 Å². The molecule has 0 atom stereocenters. The third-order valence-electron chi connectivity index (χ3n) is 2.47. The van der Waals surface area contributed by atoms with Crippen LogP contribution in [0.25, 0.3) is 6.08 Å². The molecule has 0 N–H and O–H groups in total. The summed E-state index contributed by atoms with van der Waals surface area (Å²) >= 11 is 0. The van der Waals surface area contributed by atoms with Crippen LogP contribution in [-0.2, 0) is 9.53 Å². The van der Waals surface area contributed by atoms with E-state index in [4.69, 9.17) is 9.47 Å². The van der Waals surface area contributed by atoms with Gasteiger partial charge in [0.15, 0.2) is 11.5 Å². The predicted octanol–water partition coefficient (Wildman–Crippen LogP) is 2.58. The first kappa shape index (κ1) is 16.5. The van der Waals surface area contributed by atoms with Crippen molar-refractivity contribution in [3.8, 4) is 11.5 Å². The molecule has 0 aliphatic heterocycles. The van der Waals surface area contributed by atoms with Crippen molar-refractivity contribution in [2.24, 2.45) is 0 Å². The number of ether oxygens (including phenoxy) is 3. The monoisotopic (exact) mass is 295 g/mol. The molecule has 0 bridgehead atoms. The van der Waals surface area contributed by atoms with E-state index in [0.29, 0.717) is 5.75 Å². The first-order valence-electron chi connectivity index (χ1n) is 6.18. The molecule has 0 saturated heterocycles. The van der Waals surface area contributed by atoms with Crippen molar-refractivity contribution in [1.82, 2.24) is 0 Å². The number of methoxy groups -OCH3 is 2. The zero-order chi connectivity index (χ0) is 16.0. The fraction of sp³-hybridized carbons (Fsp3) is 0.357. The highest BCUT2D eigenvalue weighted by atomic mass is 16.6. The Morgan fingerprint density at radius 3 is 2.43 bits per heavy atom. The lowest BCUT2D eigenvalue weighted by atomic mass is 10.1. The van der Waals surface area contributed by atoms with Crippen LogP contribution in [0.1, 0.15) is 19.4 Å². The first-order valence-corrected chi connectivity index (χ1v) is 6.18. The van der Waals surface area contributed by atoms with E-state index in [1.165, 1.54) is 32.4 Å². The molecule has 0 spiro atoms. The van der Waals surface area contributed by atoms with Crippen molar-refractivity contribution in [1.29, 1.82) is 0 Å². The van der Waals surface area contributed by atoms with Crippen LogP contribution in [0.2, 0.25) is 0 Å². The summed E-state index contributed by atoms with van der Waals surface area (Å²) < 4.78 is 15.1. The second-order valence-corrected chi connectivity index (χ2v) is 4.34. The largest absolute Gasteiger partial charge is 0.493 e. The second kappa shape index (κ2) is 7.28. The molecule has 0 saturated carbocycles. The molecule has 7 heteroatoms. The molecule has 0 amide bonds. The fourth-order valence-corrected chi connectivity index (χ4v) is 1.59. The van der Waals surface area contributed by atoms with Crippen molar-refractivity contribution in [2.45, 2.75) is 20.0 Å². The summed E-state index contributed by atoms with van der Waals surface area (Å²) in [6, 6.07) is 2.71. The summed E-state index contributed by atoms with van der Waals surface area (Å²) in [5.74, 6) is 0.0130. The van der Waals surface area contributed by atoms with Gasteiger partial charge >= 0.3 is 5.97 Å². The molecule has 0 fully saturated rings. The van der Waals surface area contributed by atoms with Gasteiger partial charge in [0, 0.05) is 6.08 Å². The third kappa shape index (κ3) is 4.48. The second-order valence-electron chi connectivity index (χ2n) is 4.34. The Morgan fingerprint density at radius 1 is 1.29 bits per heavy atom. The van der Waals surface area contributed by atoms with Crippen LogP contribution < -0.4 is 9.47 Å². The molecule has 21 heavy (non-hydrogen) atoms. The van der Waals surface area contributed by atoms with Crippen LogP contribution in [0.15, 0.2) is 18.2 Å². The van der Waals surface area contributed by atoms with Crippen molar-refractivity contribution >= 4 is 17.7 Å². The molecule has 1 aromatic rings. The molecule has 1 aromatic carbocycles. The molecule has 0 aromatic heterocycles. The van der Waals surface area contributed by atoms with Gasteiger partial charge in [-0.2, -0.15) is 0 Å². The Morgan fingerprint density at radius 2 is 1.95 bits per heavy atom. The van der Waals surface area contributed by atoms with Crippen LogP contribution in [0.5, 0.6) is 11.5 Å². The lowest BCUT2D eigenvalue weighted by Gasteiger charge is -2.14. The van der Waals surface area contributed by atoms with Gasteiger partial charge in [-0.25, -0.2) is 4.79 Å². The van der Waals surface area contributed by atoms with Gasteiger partial charge < -0.3 is 14.2 Å². The van der Waals surface area contributed by atoms with E-state index in [2.05, 4.69) is 4.74 Å². The van der Waals surface area contributed by atoms with Crippen molar-refractivity contribution in [2.75, 3.05) is 14.2 Å². The molecule has 7 nitrogen and oxygen atoms in total. The van der Waals surface area contributed by atoms with Crippen LogP contribution >= 0.6 is 0 Å². The fourth-order valence-electron chi connectivity index (χ4n) is 1.59. The maximum Gasteiger partial charge on any atom is 0.330 e. The lowest BCUT2D eigenvalue weighted by molar-refractivity contribution is -0.385. The minimum Gasteiger partial charge on any atom is -0.493 e. The lowest BCUT2D eigenvalue weighted by Crippen LogP contribution is -2.07. The maximum absolute atomic E-state index is 11.1. The Balaban J connectivity index is 3.32. The van der Waals surface area contributed by atoms with E-state index in [0.717, 1.165) is 6.08 Å². The summed E-state index contributed by atoms with van der Waals surface area (Å²) in [4.78, 5) is 21.7. The summed E-state index contributed by atoms with van der Waals surface area (Å²) in [6.07, 6.45) is 2.24. The quantitative estimate of drug-likeness (QED) is 0.347. The Hall–Kier alpha value is -2.57. The van der Waals surface area contributed by atoms with E-state index in [-0.39, 0.29) is 23.1 Å². The summed E-state index contributed by atoms with van der Waals surface area (Å²) in [5.41, 5.74) is 0.0324. The van der Waals surface area contributed by atoms with Gasteiger partial charge in [-0.3, -0.25) is 10.1 Å². The predicted molar refractivity (Wildman–Crippen MR) is 76.5 cm³/mol. The number of nitro benzene ring substituents is 1. The van der Waals surface area contributed by atoms with E-state index >= 15 is 0 Å². The smallest absolute Gasteiger partial charge is 0.330 e. The Labute approximate surface area is 122 Å². The van der Waals surface area contributed by atoms with Crippen molar-refractivity contribution < 1.29 is 23.9 Å². The average molecular weight is 295 g/mol. The normalized spacial score (nSPS) is 10.7. The summed E-state index contributed by atoms with van der Waals surface area (Å²) in [6.45, 7) is 3.60. The Bertz CT molecular complexity index is 565. The third-order valence-corrected chi connectivity index (χ3v) is 2.47. The van der Waals surface area contributed by atoms with Gasteiger partial charge in [0.1, 0.15) is 0 Å². The summed E-state index contributed by atoms with van der Waals surface area (Å²) in [5, 5.41) is 11.1. The Kier molecular flexibility index (Phi) is 5.71. The van der Waals surface area contributed by atoms with Crippen LogP contribution in [0.4, 0.5) is 5.69 Å². The molecule has 114 valence electrons.